The molecule has 0 radical (unpaired) electrons. The highest BCUT2D eigenvalue weighted by Gasteiger charge is 2.18. The second-order valence-electron chi connectivity index (χ2n) is 6.68. The predicted molar refractivity (Wildman–Crippen MR) is 88.7 cm³/mol. The van der Waals surface area contributed by atoms with E-state index in [1.165, 1.54) is 23.6 Å². The molecule has 2 heterocycles. The van der Waals surface area contributed by atoms with Crippen LogP contribution in [-0.2, 0) is 5.41 Å². The van der Waals surface area contributed by atoms with E-state index in [9.17, 15) is 0 Å². The number of fused-ring (bicyclic) bond motifs is 1. The molecular formula is C16H23N3S. The molecule has 0 saturated carbocycles. The molecule has 0 bridgehead atoms. The summed E-state index contributed by atoms with van der Waals surface area (Å²) in [6.45, 7) is 7.63. The van der Waals surface area contributed by atoms with Crippen molar-refractivity contribution in [2.45, 2.75) is 32.6 Å². The summed E-state index contributed by atoms with van der Waals surface area (Å²) in [5.74, 6) is 4.49. The first-order chi connectivity index (χ1) is 9.52. The van der Waals surface area contributed by atoms with E-state index >= 15 is 0 Å². The van der Waals surface area contributed by atoms with Gasteiger partial charge in [0.2, 0.25) is 0 Å². The molecule has 1 aliphatic rings. The van der Waals surface area contributed by atoms with Gasteiger partial charge in [-0.1, -0.05) is 20.8 Å². The average Bonchev–Trinajstić information content (AvgIpc) is 3.04. The molecule has 1 atom stereocenters. The Morgan fingerprint density at radius 2 is 2.25 bits per heavy atom. The summed E-state index contributed by atoms with van der Waals surface area (Å²) in [7, 11) is 0. The zero-order valence-electron chi connectivity index (χ0n) is 12.5. The van der Waals surface area contributed by atoms with Gasteiger partial charge in [0.15, 0.2) is 0 Å². The molecule has 0 amide bonds. The van der Waals surface area contributed by atoms with Gasteiger partial charge in [-0.2, -0.15) is 11.8 Å². The van der Waals surface area contributed by atoms with Gasteiger partial charge in [-0.3, -0.25) is 0 Å². The van der Waals surface area contributed by atoms with Crippen molar-refractivity contribution in [3.63, 3.8) is 0 Å². The fraction of sp³-hybridized carbons (Fsp3) is 0.562. The standard InChI is InChI=1S/C16H23N3S/c1-16(2,3)15-18-13-5-4-12(8-14(13)19-15)17-9-11-6-7-20-10-11/h4-5,8,11,17H,6-7,9-10H2,1-3H3,(H,18,19). The lowest BCUT2D eigenvalue weighted by Gasteiger charge is -2.13. The molecule has 0 aliphatic carbocycles. The summed E-state index contributed by atoms with van der Waals surface area (Å²) in [6.07, 6.45) is 1.35. The monoisotopic (exact) mass is 289 g/mol. The normalized spacial score (nSPS) is 19.6. The van der Waals surface area contributed by atoms with Gasteiger partial charge in [0.25, 0.3) is 0 Å². The van der Waals surface area contributed by atoms with Crippen LogP contribution in [0.5, 0.6) is 0 Å². The number of hydrogen-bond donors (Lipinski definition) is 2. The van der Waals surface area contributed by atoms with Crippen LogP contribution in [0.15, 0.2) is 18.2 Å². The van der Waals surface area contributed by atoms with E-state index in [1.54, 1.807) is 0 Å². The number of nitrogens with zero attached hydrogens (tertiary/aromatic N) is 1. The Morgan fingerprint density at radius 1 is 1.40 bits per heavy atom. The first-order valence-corrected chi connectivity index (χ1v) is 8.50. The van der Waals surface area contributed by atoms with Crippen molar-refractivity contribution >= 4 is 28.5 Å². The third-order valence-corrected chi connectivity index (χ3v) is 5.04. The number of nitrogens with one attached hydrogen (secondary N) is 2. The minimum Gasteiger partial charge on any atom is -0.385 e. The van der Waals surface area contributed by atoms with Crippen molar-refractivity contribution in [2.75, 3.05) is 23.4 Å². The maximum absolute atomic E-state index is 4.68. The van der Waals surface area contributed by atoms with E-state index in [0.717, 1.165) is 29.3 Å². The van der Waals surface area contributed by atoms with Gasteiger partial charge in [-0.15, -0.1) is 0 Å². The van der Waals surface area contributed by atoms with Crippen LogP contribution in [0.25, 0.3) is 11.0 Å². The lowest BCUT2D eigenvalue weighted by atomic mass is 9.96. The second-order valence-corrected chi connectivity index (χ2v) is 7.83. The summed E-state index contributed by atoms with van der Waals surface area (Å²) < 4.78 is 0. The topological polar surface area (TPSA) is 40.7 Å². The van der Waals surface area contributed by atoms with Crippen LogP contribution in [0.1, 0.15) is 33.0 Å². The van der Waals surface area contributed by atoms with Crippen LogP contribution < -0.4 is 5.32 Å². The van der Waals surface area contributed by atoms with Crippen LogP contribution in [0.4, 0.5) is 5.69 Å². The van der Waals surface area contributed by atoms with Gasteiger partial charge in [0, 0.05) is 17.6 Å². The molecule has 108 valence electrons. The molecule has 3 rings (SSSR count). The van der Waals surface area contributed by atoms with E-state index in [0.29, 0.717) is 0 Å². The molecule has 1 saturated heterocycles. The fourth-order valence-electron chi connectivity index (χ4n) is 2.48. The average molecular weight is 289 g/mol. The van der Waals surface area contributed by atoms with Gasteiger partial charge in [-0.05, 0) is 42.0 Å². The SMILES string of the molecule is CC(C)(C)c1nc2ccc(NCC3CCSC3)cc2[nH]1. The Kier molecular flexibility index (Phi) is 3.67. The maximum atomic E-state index is 4.68. The van der Waals surface area contributed by atoms with Crippen molar-refractivity contribution < 1.29 is 0 Å². The minimum atomic E-state index is 0.0632. The molecule has 1 aromatic heterocycles. The van der Waals surface area contributed by atoms with Gasteiger partial charge in [0.1, 0.15) is 5.82 Å². The number of imidazole rings is 1. The van der Waals surface area contributed by atoms with Crippen molar-refractivity contribution in [2.24, 2.45) is 5.92 Å². The Morgan fingerprint density at radius 3 is 2.95 bits per heavy atom. The van der Waals surface area contributed by atoms with E-state index < -0.39 is 0 Å². The molecule has 2 aromatic rings. The molecule has 1 fully saturated rings. The van der Waals surface area contributed by atoms with E-state index in [1.807, 2.05) is 0 Å². The molecule has 4 heteroatoms. The fourth-order valence-corrected chi connectivity index (χ4v) is 3.77. The predicted octanol–water partition coefficient (Wildman–Crippen LogP) is 4.03. The van der Waals surface area contributed by atoms with Crippen molar-refractivity contribution in [1.29, 1.82) is 0 Å². The van der Waals surface area contributed by atoms with Crippen LogP contribution >= 0.6 is 11.8 Å². The second kappa shape index (κ2) is 5.32. The number of aromatic nitrogens is 2. The maximum Gasteiger partial charge on any atom is 0.112 e. The van der Waals surface area contributed by atoms with Crippen molar-refractivity contribution in [3.8, 4) is 0 Å². The molecule has 20 heavy (non-hydrogen) atoms. The van der Waals surface area contributed by atoms with Gasteiger partial charge >= 0.3 is 0 Å². The highest BCUT2D eigenvalue weighted by Crippen LogP contribution is 2.26. The molecule has 0 spiro atoms. The first-order valence-electron chi connectivity index (χ1n) is 7.34. The Balaban J connectivity index is 1.76. The van der Waals surface area contributed by atoms with E-state index in [-0.39, 0.29) is 5.41 Å². The van der Waals surface area contributed by atoms with Crippen LogP contribution in [-0.4, -0.2) is 28.0 Å². The minimum absolute atomic E-state index is 0.0632. The van der Waals surface area contributed by atoms with Gasteiger partial charge in [0.05, 0.1) is 11.0 Å². The smallest absolute Gasteiger partial charge is 0.112 e. The number of aromatic amines is 1. The lowest BCUT2D eigenvalue weighted by Crippen LogP contribution is -2.13. The number of anilines is 1. The third kappa shape index (κ3) is 2.95. The Labute approximate surface area is 124 Å². The summed E-state index contributed by atoms with van der Waals surface area (Å²) in [5.41, 5.74) is 3.43. The number of hydrogen-bond acceptors (Lipinski definition) is 3. The zero-order valence-corrected chi connectivity index (χ0v) is 13.3. The lowest BCUT2D eigenvalue weighted by molar-refractivity contribution is 0.554. The summed E-state index contributed by atoms with van der Waals surface area (Å²) in [5, 5.41) is 3.57. The third-order valence-electron chi connectivity index (χ3n) is 3.81. The van der Waals surface area contributed by atoms with Crippen LogP contribution in [0.2, 0.25) is 0 Å². The number of rotatable bonds is 3. The van der Waals surface area contributed by atoms with Gasteiger partial charge in [-0.25, -0.2) is 4.98 Å². The van der Waals surface area contributed by atoms with Gasteiger partial charge < -0.3 is 10.3 Å². The molecular weight excluding hydrogens is 266 g/mol. The first kappa shape index (κ1) is 13.8. The van der Waals surface area contributed by atoms with E-state index in [4.69, 9.17) is 0 Å². The molecule has 1 aromatic carbocycles. The quantitative estimate of drug-likeness (QED) is 0.896. The van der Waals surface area contributed by atoms with Crippen molar-refractivity contribution in [1.82, 2.24) is 9.97 Å². The number of H-pyrrole nitrogens is 1. The Bertz CT molecular complexity index is 591. The van der Waals surface area contributed by atoms with E-state index in [2.05, 4.69) is 66.0 Å². The Hall–Kier alpha value is -1.16. The summed E-state index contributed by atoms with van der Waals surface area (Å²) >= 11 is 2.07. The number of thioether (sulfide) groups is 1. The number of benzene rings is 1. The van der Waals surface area contributed by atoms with Crippen molar-refractivity contribution in [3.05, 3.63) is 24.0 Å². The molecule has 2 N–H and O–H groups in total. The summed E-state index contributed by atoms with van der Waals surface area (Å²) in [4.78, 5) is 8.12. The molecule has 1 unspecified atom stereocenters. The van der Waals surface area contributed by atoms with Crippen LogP contribution in [0.3, 0.4) is 0 Å². The van der Waals surface area contributed by atoms with Crippen LogP contribution in [0, 0.1) is 5.92 Å². The molecule has 3 nitrogen and oxygen atoms in total. The summed E-state index contributed by atoms with van der Waals surface area (Å²) in [6, 6.07) is 6.42. The molecule has 1 aliphatic heterocycles. The largest absolute Gasteiger partial charge is 0.385 e. The highest BCUT2D eigenvalue weighted by molar-refractivity contribution is 7.99. The highest BCUT2D eigenvalue weighted by atomic mass is 32.2. The zero-order chi connectivity index (χ0) is 14.2.